The third kappa shape index (κ3) is 7.04. The van der Waals surface area contributed by atoms with Crippen molar-refractivity contribution >= 4 is 17.7 Å². The first kappa shape index (κ1) is 28.1. The molecule has 2 fully saturated rings. The molecule has 0 spiro atoms. The number of ether oxygens (including phenoxy) is 1. The second kappa shape index (κ2) is 12.6. The van der Waals surface area contributed by atoms with E-state index in [1.54, 1.807) is 13.1 Å². The summed E-state index contributed by atoms with van der Waals surface area (Å²) in [4.78, 5) is 17.7. The normalized spacial score (nSPS) is 16.8. The number of anilines is 1. The van der Waals surface area contributed by atoms with Crippen LogP contribution < -0.4 is 10.6 Å². The Bertz CT molecular complexity index is 1190. The Morgan fingerprint density at radius 3 is 2.35 bits per heavy atom. The van der Waals surface area contributed by atoms with Gasteiger partial charge < -0.3 is 20.8 Å². The number of rotatable bonds is 4. The van der Waals surface area contributed by atoms with E-state index in [1.165, 1.54) is 22.7 Å². The number of imidazole rings is 1. The molecule has 5 heterocycles. The van der Waals surface area contributed by atoms with E-state index < -0.39 is 11.7 Å². The van der Waals surface area contributed by atoms with Gasteiger partial charge in [0.05, 0.1) is 31.0 Å². The van der Waals surface area contributed by atoms with Gasteiger partial charge in [-0.25, -0.2) is 15.0 Å². The number of pyridine rings is 1. The summed E-state index contributed by atoms with van der Waals surface area (Å²) in [5.74, 6) is 1.12. The van der Waals surface area contributed by atoms with Gasteiger partial charge in [-0.05, 0) is 31.2 Å². The summed E-state index contributed by atoms with van der Waals surface area (Å²) in [6, 6.07) is 4.71. The smallest absolute Gasteiger partial charge is 0.402 e. The Balaban J connectivity index is 0.000000421. The molecule has 3 N–H and O–H groups in total. The van der Waals surface area contributed by atoms with Crippen LogP contribution in [-0.2, 0) is 10.9 Å². The molecule has 3 aromatic heterocycles. The number of hydrogen-bond acceptors (Lipinski definition) is 8. The van der Waals surface area contributed by atoms with Crippen molar-refractivity contribution in [3.05, 3.63) is 54.1 Å². The van der Waals surface area contributed by atoms with Gasteiger partial charge in [0, 0.05) is 50.5 Å². The Hall–Kier alpha value is -3.51. The van der Waals surface area contributed by atoms with Crippen molar-refractivity contribution in [2.24, 2.45) is 5.73 Å². The molecule has 3 aromatic rings. The van der Waals surface area contributed by atoms with E-state index in [2.05, 4.69) is 24.8 Å². The highest BCUT2D eigenvalue weighted by molar-refractivity contribution is 5.68. The number of nitrogens with two attached hydrogens (primary N) is 1. The van der Waals surface area contributed by atoms with Gasteiger partial charge in [-0.1, -0.05) is 13.8 Å². The van der Waals surface area contributed by atoms with Gasteiger partial charge in [-0.2, -0.15) is 13.2 Å². The van der Waals surface area contributed by atoms with Crippen LogP contribution in [0, 0.1) is 5.41 Å². The topological polar surface area (TPSA) is 109 Å². The van der Waals surface area contributed by atoms with E-state index in [9.17, 15) is 13.2 Å². The van der Waals surface area contributed by atoms with Crippen LogP contribution in [-0.4, -0.2) is 75.9 Å². The summed E-state index contributed by atoms with van der Waals surface area (Å²) in [6.45, 7) is 10.9. The predicted molar refractivity (Wildman–Crippen MR) is 138 cm³/mol. The predicted octanol–water partition coefficient (Wildman–Crippen LogP) is 3.86. The standard InChI is InChI=1S/C19H19F3N6O.C4H8N2.C2H6/c20-19(21,22)13-1-2-16-24-9-15(28(16)10-13)18-23-4-3-17(25-18)27-7-5-26(6-8-27)14-11-29-12-14;1-4(6)2-3-5;1-2/h1-4,9-10,14H,5-8,11-12H2;2-3,5H,6H2,1H3;1-2H3/b;4-2-,5-3?;. The molecule has 0 unspecified atom stereocenters. The number of nitrogens with zero attached hydrogens (tertiary/aromatic N) is 6. The van der Waals surface area contributed by atoms with E-state index >= 15 is 0 Å². The zero-order valence-corrected chi connectivity index (χ0v) is 21.2. The fourth-order valence-corrected chi connectivity index (χ4v) is 3.84. The van der Waals surface area contributed by atoms with E-state index in [-0.39, 0.29) is 0 Å². The lowest BCUT2D eigenvalue weighted by Crippen LogP contribution is -2.56. The van der Waals surface area contributed by atoms with E-state index in [0.29, 0.717) is 28.9 Å². The fraction of sp³-hybridized carbons (Fsp3) is 0.440. The highest BCUT2D eigenvalue weighted by atomic mass is 19.4. The number of halogens is 3. The molecular formula is C25H33F3N8O. The van der Waals surface area contributed by atoms with E-state index in [1.807, 2.05) is 19.9 Å². The van der Waals surface area contributed by atoms with Gasteiger partial charge in [0.15, 0.2) is 5.82 Å². The molecule has 37 heavy (non-hydrogen) atoms. The van der Waals surface area contributed by atoms with Gasteiger partial charge in [-0.15, -0.1) is 0 Å². The number of fused-ring (bicyclic) bond motifs is 1. The Morgan fingerprint density at radius 1 is 1.11 bits per heavy atom. The molecule has 9 nitrogen and oxygen atoms in total. The van der Waals surface area contributed by atoms with Crippen LogP contribution in [0.4, 0.5) is 19.0 Å². The van der Waals surface area contributed by atoms with E-state index in [0.717, 1.165) is 63.7 Å². The van der Waals surface area contributed by atoms with E-state index in [4.69, 9.17) is 15.9 Å². The lowest BCUT2D eigenvalue weighted by atomic mass is 10.2. The molecule has 5 rings (SSSR count). The van der Waals surface area contributed by atoms with Gasteiger partial charge >= 0.3 is 6.18 Å². The van der Waals surface area contributed by atoms with Crippen molar-refractivity contribution in [1.29, 1.82) is 5.41 Å². The molecule has 0 bridgehead atoms. The first-order valence-corrected chi connectivity index (χ1v) is 12.1. The first-order chi connectivity index (χ1) is 17.8. The molecule has 2 aliphatic heterocycles. The molecule has 12 heteroatoms. The van der Waals surface area contributed by atoms with Crippen molar-refractivity contribution < 1.29 is 17.9 Å². The Kier molecular flexibility index (Phi) is 9.59. The summed E-state index contributed by atoms with van der Waals surface area (Å²) in [7, 11) is 0. The van der Waals surface area contributed by atoms with Crippen LogP contribution in [0.2, 0.25) is 0 Å². The lowest BCUT2D eigenvalue weighted by Gasteiger charge is -2.42. The molecule has 0 amide bonds. The van der Waals surface area contributed by atoms with Crippen molar-refractivity contribution in [2.75, 3.05) is 44.3 Å². The SMILES string of the molecule is C/C(N)=C/C=N.CC.FC(F)(F)c1ccc2ncc(-c3nccc(N4CCN(C5COC5)CC4)n3)n2c1. The largest absolute Gasteiger partial charge is 0.417 e. The zero-order chi connectivity index (χ0) is 27.0. The average molecular weight is 519 g/mol. The highest BCUT2D eigenvalue weighted by Gasteiger charge is 2.31. The fourth-order valence-electron chi connectivity index (χ4n) is 3.84. The molecule has 0 saturated carbocycles. The third-order valence-corrected chi connectivity index (χ3v) is 5.82. The molecule has 2 aliphatic rings. The summed E-state index contributed by atoms with van der Waals surface area (Å²) in [6.07, 6.45) is 2.44. The number of hydrogen-bond donors (Lipinski definition) is 2. The quantitative estimate of drug-likeness (QED) is 0.505. The van der Waals surface area contributed by atoms with Crippen LogP contribution in [0.1, 0.15) is 26.3 Å². The number of nitrogens with one attached hydrogen (secondary N) is 1. The van der Waals surface area contributed by atoms with Crippen LogP contribution in [0.15, 0.2) is 48.6 Å². The van der Waals surface area contributed by atoms with Crippen molar-refractivity contribution in [3.63, 3.8) is 0 Å². The third-order valence-electron chi connectivity index (χ3n) is 5.82. The maximum absolute atomic E-state index is 13.1. The second-order valence-corrected chi connectivity index (χ2v) is 8.32. The minimum atomic E-state index is -4.43. The minimum Gasteiger partial charge on any atom is -0.402 e. The maximum Gasteiger partial charge on any atom is 0.417 e. The van der Waals surface area contributed by atoms with Crippen LogP contribution in [0.3, 0.4) is 0 Å². The molecule has 0 radical (unpaired) electrons. The lowest BCUT2D eigenvalue weighted by molar-refractivity contribution is -0.137. The molecule has 0 atom stereocenters. The van der Waals surface area contributed by atoms with Crippen LogP contribution in [0.25, 0.3) is 17.2 Å². The van der Waals surface area contributed by atoms with Crippen molar-refractivity contribution in [2.45, 2.75) is 33.0 Å². The molecule has 0 aromatic carbocycles. The minimum absolute atomic E-state index is 0.351. The summed E-state index contributed by atoms with van der Waals surface area (Å²) in [5.41, 5.74) is 5.89. The van der Waals surface area contributed by atoms with Gasteiger partial charge in [0.25, 0.3) is 0 Å². The molecule has 200 valence electrons. The monoisotopic (exact) mass is 518 g/mol. The number of allylic oxidation sites excluding steroid dienone is 2. The van der Waals surface area contributed by atoms with Gasteiger partial charge in [0.1, 0.15) is 17.2 Å². The van der Waals surface area contributed by atoms with Crippen LogP contribution in [0.5, 0.6) is 0 Å². The summed E-state index contributed by atoms with van der Waals surface area (Å²) >= 11 is 0. The second-order valence-electron chi connectivity index (χ2n) is 8.32. The molecular weight excluding hydrogens is 485 g/mol. The summed E-state index contributed by atoms with van der Waals surface area (Å²) in [5, 5.41) is 6.45. The number of aromatic nitrogens is 4. The van der Waals surface area contributed by atoms with Crippen molar-refractivity contribution in [3.8, 4) is 11.5 Å². The number of alkyl halides is 3. The maximum atomic E-state index is 13.1. The zero-order valence-electron chi connectivity index (χ0n) is 21.2. The van der Waals surface area contributed by atoms with Gasteiger partial charge in [-0.3, -0.25) is 9.30 Å². The highest BCUT2D eigenvalue weighted by Crippen LogP contribution is 2.30. The summed E-state index contributed by atoms with van der Waals surface area (Å²) < 4.78 is 45.9. The Labute approximate surface area is 214 Å². The Morgan fingerprint density at radius 2 is 1.81 bits per heavy atom. The van der Waals surface area contributed by atoms with Gasteiger partial charge in [0.2, 0.25) is 0 Å². The van der Waals surface area contributed by atoms with Crippen molar-refractivity contribution in [1.82, 2.24) is 24.3 Å². The number of piperazine rings is 1. The van der Waals surface area contributed by atoms with Crippen LogP contribution >= 0.6 is 0 Å². The average Bonchev–Trinajstić information content (AvgIpc) is 3.28. The molecule has 2 saturated heterocycles. The first-order valence-electron chi connectivity index (χ1n) is 12.1. The molecule has 0 aliphatic carbocycles.